The fourth-order valence-electron chi connectivity index (χ4n) is 2.30. The van der Waals surface area contributed by atoms with Crippen LogP contribution in [-0.2, 0) is 4.79 Å². The highest BCUT2D eigenvalue weighted by Crippen LogP contribution is 2.21. The molecule has 0 aliphatic carbocycles. The van der Waals surface area contributed by atoms with Gasteiger partial charge in [0.15, 0.2) is 0 Å². The maximum absolute atomic E-state index is 13.7. The minimum absolute atomic E-state index is 0.162. The molecule has 0 unspecified atom stereocenters. The average Bonchev–Trinajstić information content (AvgIpc) is 2.56. The predicted octanol–water partition coefficient (Wildman–Crippen LogP) is 2.91. The molecule has 0 spiro atoms. The highest BCUT2D eigenvalue weighted by Gasteiger charge is 2.08. The zero-order valence-corrected chi connectivity index (χ0v) is 13.1. The molecule has 122 valence electrons. The van der Waals surface area contributed by atoms with E-state index in [1.54, 1.807) is 18.2 Å². The standard InChI is InChI=1S/C17H16FN5O/c1-11-4-2-7-14(22-11)23-15(24)8-9-19-17-12-5-3-6-13(18)16(12)20-10-21-17/h2-7,10H,8-9H2,1H3,(H,19,20,21)(H,22,23,24). The Kier molecular flexibility index (Phi) is 4.60. The summed E-state index contributed by atoms with van der Waals surface area (Å²) in [7, 11) is 0. The number of anilines is 2. The number of aryl methyl sites for hydroxylation is 1. The lowest BCUT2D eigenvalue weighted by molar-refractivity contribution is -0.116. The molecule has 0 atom stereocenters. The van der Waals surface area contributed by atoms with E-state index < -0.39 is 5.82 Å². The summed E-state index contributed by atoms with van der Waals surface area (Å²) < 4.78 is 13.7. The van der Waals surface area contributed by atoms with Gasteiger partial charge in [0.05, 0.1) is 0 Å². The van der Waals surface area contributed by atoms with Crippen LogP contribution >= 0.6 is 0 Å². The normalized spacial score (nSPS) is 10.6. The van der Waals surface area contributed by atoms with E-state index in [4.69, 9.17) is 0 Å². The minimum atomic E-state index is -0.402. The van der Waals surface area contributed by atoms with Gasteiger partial charge in [-0.2, -0.15) is 0 Å². The molecule has 2 N–H and O–H groups in total. The first kappa shape index (κ1) is 15.8. The molecule has 0 bridgehead atoms. The number of carbonyl (C=O) groups excluding carboxylic acids is 1. The Labute approximate surface area is 138 Å². The number of rotatable bonds is 5. The van der Waals surface area contributed by atoms with Crippen molar-refractivity contribution >= 4 is 28.4 Å². The molecule has 2 heterocycles. The topological polar surface area (TPSA) is 79.8 Å². The van der Waals surface area contributed by atoms with E-state index in [2.05, 4.69) is 25.6 Å². The molecular formula is C17H16FN5O. The first-order chi connectivity index (χ1) is 11.6. The van der Waals surface area contributed by atoms with Crippen LogP contribution in [0.5, 0.6) is 0 Å². The van der Waals surface area contributed by atoms with Gasteiger partial charge in [-0.05, 0) is 31.2 Å². The van der Waals surface area contributed by atoms with Crippen LogP contribution in [0.3, 0.4) is 0 Å². The Morgan fingerprint density at radius 3 is 2.83 bits per heavy atom. The number of nitrogens with one attached hydrogen (secondary N) is 2. The lowest BCUT2D eigenvalue weighted by Crippen LogP contribution is -2.17. The molecule has 7 heteroatoms. The smallest absolute Gasteiger partial charge is 0.227 e. The van der Waals surface area contributed by atoms with Crippen molar-refractivity contribution in [3.8, 4) is 0 Å². The van der Waals surface area contributed by atoms with Crippen LogP contribution in [0.4, 0.5) is 16.0 Å². The number of hydrogen-bond donors (Lipinski definition) is 2. The van der Waals surface area contributed by atoms with Crippen LogP contribution in [0.2, 0.25) is 0 Å². The van der Waals surface area contributed by atoms with Gasteiger partial charge in [0, 0.05) is 24.0 Å². The number of fused-ring (bicyclic) bond motifs is 1. The molecule has 24 heavy (non-hydrogen) atoms. The third-order valence-electron chi connectivity index (χ3n) is 3.42. The molecule has 3 rings (SSSR count). The lowest BCUT2D eigenvalue weighted by atomic mass is 10.2. The number of amides is 1. The van der Waals surface area contributed by atoms with Crippen molar-refractivity contribution in [1.29, 1.82) is 0 Å². The van der Waals surface area contributed by atoms with Gasteiger partial charge in [-0.3, -0.25) is 4.79 Å². The Bertz CT molecular complexity index is 884. The third kappa shape index (κ3) is 3.62. The zero-order chi connectivity index (χ0) is 16.9. The van der Waals surface area contributed by atoms with Crippen molar-refractivity contribution in [3.63, 3.8) is 0 Å². The molecule has 1 aromatic carbocycles. The van der Waals surface area contributed by atoms with E-state index in [-0.39, 0.29) is 17.8 Å². The maximum atomic E-state index is 13.7. The number of benzene rings is 1. The lowest BCUT2D eigenvalue weighted by Gasteiger charge is -2.09. The van der Waals surface area contributed by atoms with E-state index in [0.717, 1.165) is 5.69 Å². The molecule has 0 saturated heterocycles. The molecule has 6 nitrogen and oxygen atoms in total. The second kappa shape index (κ2) is 6.99. The second-order valence-electron chi connectivity index (χ2n) is 5.25. The predicted molar refractivity (Wildman–Crippen MR) is 90.2 cm³/mol. The van der Waals surface area contributed by atoms with Gasteiger partial charge in [-0.1, -0.05) is 12.1 Å². The zero-order valence-electron chi connectivity index (χ0n) is 13.1. The summed E-state index contributed by atoms with van der Waals surface area (Å²) in [4.78, 5) is 24.2. The molecule has 1 amide bonds. The van der Waals surface area contributed by atoms with Crippen molar-refractivity contribution < 1.29 is 9.18 Å². The molecule has 0 aliphatic heterocycles. The molecule has 0 aliphatic rings. The van der Waals surface area contributed by atoms with E-state index in [1.807, 2.05) is 19.1 Å². The molecule has 0 fully saturated rings. The number of para-hydroxylation sites is 1. The van der Waals surface area contributed by atoms with Crippen molar-refractivity contribution in [2.24, 2.45) is 0 Å². The van der Waals surface area contributed by atoms with Crippen molar-refractivity contribution in [2.75, 3.05) is 17.2 Å². The fraction of sp³-hybridized carbons (Fsp3) is 0.176. The van der Waals surface area contributed by atoms with E-state index in [1.165, 1.54) is 12.4 Å². The quantitative estimate of drug-likeness (QED) is 0.754. The van der Waals surface area contributed by atoms with E-state index in [0.29, 0.717) is 23.6 Å². The summed E-state index contributed by atoms with van der Waals surface area (Å²) in [6, 6.07) is 10.1. The molecule has 0 radical (unpaired) electrons. The monoisotopic (exact) mass is 325 g/mol. The van der Waals surface area contributed by atoms with Crippen LogP contribution in [0.1, 0.15) is 12.1 Å². The number of halogens is 1. The van der Waals surface area contributed by atoms with E-state index in [9.17, 15) is 9.18 Å². The largest absolute Gasteiger partial charge is 0.369 e. The van der Waals surface area contributed by atoms with Crippen molar-refractivity contribution in [1.82, 2.24) is 15.0 Å². The van der Waals surface area contributed by atoms with Gasteiger partial charge in [0.2, 0.25) is 5.91 Å². The SMILES string of the molecule is Cc1cccc(NC(=O)CCNc2ncnc3c(F)cccc23)n1. The van der Waals surface area contributed by atoms with Gasteiger partial charge >= 0.3 is 0 Å². The van der Waals surface area contributed by atoms with E-state index >= 15 is 0 Å². The van der Waals surface area contributed by atoms with Crippen molar-refractivity contribution in [3.05, 3.63) is 54.2 Å². The van der Waals surface area contributed by atoms with Crippen LogP contribution in [-0.4, -0.2) is 27.4 Å². The Hall–Kier alpha value is -3.09. The van der Waals surface area contributed by atoms with Crippen molar-refractivity contribution in [2.45, 2.75) is 13.3 Å². The third-order valence-corrected chi connectivity index (χ3v) is 3.42. The summed E-state index contributed by atoms with van der Waals surface area (Å²) in [5, 5.41) is 6.36. The molecule has 3 aromatic rings. The van der Waals surface area contributed by atoms with Gasteiger partial charge in [0.1, 0.15) is 29.3 Å². The first-order valence-electron chi connectivity index (χ1n) is 7.50. The van der Waals surface area contributed by atoms with Crippen LogP contribution in [0.25, 0.3) is 10.9 Å². The Morgan fingerprint density at radius 2 is 2.00 bits per heavy atom. The minimum Gasteiger partial charge on any atom is -0.369 e. The summed E-state index contributed by atoms with van der Waals surface area (Å²) in [5.41, 5.74) is 1.09. The number of hydrogen-bond acceptors (Lipinski definition) is 5. The number of nitrogens with zero attached hydrogens (tertiary/aromatic N) is 3. The number of carbonyl (C=O) groups is 1. The van der Waals surface area contributed by atoms with Crippen LogP contribution in [0.15, 0.2) is 42.7 Å². The first-order valence-corrected chi connectivity index (χ1v) is 7.50. The van der Waals surface area contributed by atoms with Gasteiger partial charge in [0.25, 0.3) is 0 Å². The fourth-order valence-corrected chi connectivity index (χ4v) is 2.30. The summed E-state index contributed by atoms with van der Waals surface area (Å²) in [6.07, 6.45) is 1.53. The Morgan fingerprint density at radius 1 is 1.17 bits per heavy atom. The highest BCUT2D eigenvalue weighted by atomic mass is 19.1. The summed E-state index contributed by atoms with van der Waals surface area (Å²) >= 11 is 0. The molecular weight excluding hydrogens is 309 g/mol. The molecule has 2 aromatic heterocycles. The summed E-state index contributed by atoms with van der Waals surface area (Å²) in [6.45, 7) is 2.22. The maximum Gasteiger partial charge on any atom is 0.227 e. The van der Waals surface area contributed by atoms with Gasteiger partial charge in [-0.15, -0.1) is 0 Å². The summed E-state index contributed by atoms with van der Waals surface area (Å²) in [5.74, 6) is 0.460. The number of aromatic nitrogens is 3. The second-order valence-corrected chi connectivity index (χ2v) is 5.25. The Balaban J connectivity index is 1.60. The van der Waals surface area contributed by atoms with Crippen LogP contribution in [0, 0.1) is 12.7 Å². The number of pyridine rings is 1. The van der Waals surface area contributed by atoms with Crippen LogP contribution < -0.4 is 10.6 Å². The van der Waals surface area contributed by atoms with Gasteiger partial charge in [-0.25, -0.2) is 19.3 Å². The highest BCUT2D eigenvalue weighted by molar-refractivity contribution is 5.91. The van der Waals surface area contributed by atoms with Gasteiger partial charge < -0.3 is 10.6 Å². The molecule has 0 saturated carbocycles. The average molecular weight is 325 g/mol.